The van der Waals surface area contributed by atoms with Crippen molar-refractivity contribution >= 4 is 21.9 Å². The quantitative estimate of drug-likeness (QED) is 0.798. The molecule has 0 spiro atoms. The molecule has 0 aliphatic carbocycles. The average Bonchev–Trinajstić information content (AvgIpc) is 2.57. The SMILES string of the molecule is COC(=O)C(O)C(CO)(c1ccccc1)c1ccc(Br)cc1. The zero-order valence-electron chi connectivity index (χ0n) is 12.1. The highest BCUT2D eigenvalue weighted by Crippen LogP contribution is 2.36. The molecule has 2 aromatic rings. The molecule has 2 rings (SSSR count). The molecule has 0 saturated carbocycles. The number of carbonyl (C=O) groups is 1. The summed E-state index contributed by atoms with van der Waals surface area (Å²) in [6.45, 7) is -0.436. The molecular formula is C17H17BrO4. The number of esters is 1. The molecule has 0 fully saturated rings. The van der Waals surface area contributed by atoms with Crippen molar-refractivity contribution in [2.75, 3.05) is 13.7 Å². The van der Waals surface area contributed by atoms with Gasteiger partial charge >= 0.3 is 5.97 Å². The molecule has 2 atom stereocenters. The summed E-state index contributed by atoms with van der Waals surface area (Å²) in [6.07, 6.45) is -1.52. The first-order chi connectivity index (χ1) is 10.6. The lowest BCUT2D eigenvalue weighted by molar-refractivity contribution is -0.154. The van der Waals surface area contributed by atoms with Gasteiger partial charge in [-0.1, -0.05) is 58.4 Å². The predicted molar refractivity (Wildman–Crippen MR) is 86.5 cm³/mol. The fourth-order valence-corrected chi connectivity index (χ4v) is 2.81. The van der Waals surface area contributed by atoms with Crippen LogP contribution in [0.5, 0.6) is 0 Å². The van der Waals surface area contributed by atoms with Gasteiger partial charge in [0.05, 0.1) is 19.1 Å². The highest BCUT2D eigenvalue weighted by Gasteiger charge is 2.45. The van der Waals surface area contributed by atoms with Crippen molar-refractivity contribution in [3.05, 3.63) is 70.2 Å². The van der Waals surface area contributed by atoms with Crippen LogP contribution in [0.25, 0.3) is 0 Å². The van der Waals surface area contributed by atoms with Gasteiger partial charge in [0.15, 0.2) is 6.10 Å². The maximum absolute atomic E-state index is 11.9. The van der Waals surface area contributed by atoms with Crippen molar-refractivity contribution in [3.63, 3.8) is 0 Å². The molecule has 0 bridgehead atoms. The summed E-state index contributed by atoms with van der Waals surface area (Å²) in [6, 6.07) is 16.1. The summed E-state index contributed by atoms with van der Waals surface area (Å²) < 4.78 is 5.54. The maximum Gasteiger partial charge on any atom is 0.336 e. The lowest BCUT2D eigenvalue weighted by atomic mass is 9.71. The van der Waals surface area contributed by atoms with Crippen molar-refractivity contribution in [1.29, 1.82) is 0 Å². The van der Waals surface area contributed by atoms with E-state index in [0.29, 0.717) is 11.1 Å². The average molecular weight is 365 g/mol. The van der Waals surface area contributed by atoms with E-state index in [1.165, 1.54) is 7.11 Å². The van der Waals surface area contributed by atoms with Crippen LogP contribution in [0.3, 0.4) is 0 Å². The highest BCUT2D eigenvalue weighted by atomic mass is 79.9. The molecule has 0 heterocycles. The molecule has 2 N–H and O–H groups in total. The van der Waals surface area contributed by atoms with Gasteiger partial charge in [-0.2, -0.15) is 0 Å². The lowest BCUT2D eigenvalue weighted by Gasteiger charge is -2.36. The van der Waals surface area contributed by atoms with Crippen LogP contribution >= 0.6 is 15.9 Å². The van der Waals surface area contributed by atoms with Crippen LogP contribution in [0, 0.1) is 0 Å². The molecule has 116 valence electrons. The number of methoxy groups -OCH3 is 1. The zero-order chi connectivity index (χ0) is 16.2. The molecule has 0 aromatic heterocycles. The Morgan fingerprint density at radius 2 is 1.68 bits per heavy atom. The number of halogens is 1. The van der Waals surface area contributed by atoms with Gasteiger partial charge in [-0.25, -0.2) is 4.79 Å². The number of hydrogen-bond donors (Lipinski definition) is 2. The minimum absolute atomic E-state index is 0.436. The van der Waals surface area contributed by atoms with Crippen molar-refractivity contribution in [2.45, 2.75) is 11.5 Å². The summed E-state index contributed by atoms with van der Waals surface area (Å²) in [7, 11) is 1.21. The van der Waals surface area contributed by atoms with Crippen molar-refractivity contribution in [1.82, 2.24) is 0 Å². The number of benzene rings is 2. The van der Waals surface area contributed by atoms with E-state index in [9.17, 15) is 15.0 Å². The van der Waals surface area contributed by atoms with Gasteiger partial charge in [0, 0.05) is 4.47 Å². The Morgan fingerprint density at radius 3 is 2.18 bits per heavy atom. The highest BCUT2D eigenvalue weighted by molar-refractivity contribution is 9.10. The summed E-state index contributed by atoms with van der Waals surface area (Å²) in [5.74, 6) is -0.791. The zero-order valence-corrected chi connectivity index (χ0v) is 13.7. The van der Waals surface area contributed by atoms with E-state index in [-0.39, 0.29) is 0 Å². The van der Waals surface area contributed by atoms with E-state index in [2.05, 4.69) is 20.7 Å². The number of ether oxygens (including phenoxy) is 1. The van der Waals surface area contributed by atoms with Crippen molar-refractivity contribution < 1.29 is 19.7 Å². The number of hydrogen-bond acceptors (Lipinski definition) is 4. The third-order valence-corrected chi connectivity index (χ3v) is 4.32. The monoisotopic (exact) mass is 364 g/mol. The Balaban J connectivity index is 2.66. The Hall–Kier alpha value is -1.69. The molecule has 0 amide bonds. The van der Waals surface area contributed by atoms with Gasteiger partial charge in [-0.3, -0.25) is 0 Å². The second-order valence-corrected chi connectivity index (χ2v) is 5.84. The summed E-state index contributed by atoms with van der Waals surface area (Å²) in [5, 5.41) is 20.6. The van der Waals surface area contributed by atoms with Gasteiger partial charge in [0.1, 0.15) is 0 Å². The Bertz CT molecular complexity index is 627. The lowest BCUT2D eigenvalue weighted by Crippen LogP contribution is -2.48. The normalized spacial score (nSPS) is 14.9. The topological polar surface area (TPSA) is 66.8 Å². The summed E-state index contributed by atoms with van der Waals surface area (Å²) >= 11 is 3.35. The minimum atomic E-state index is -1.52. The van der Waals surface area contributed by atoms with Crippen LogP contribution in [0.2, 0.25) is 0 Å². The van der Waals surface area contributed by atoms with Crippen LogP contribution in [-0.4, -0.2) is 36.0 Å². The minimum Gasteiger partial charge on any atom is -0.467 e. The molecule has 0 aliphatic heterocycles. The molecular weight excluding hydrogens is 348 g/mol. The molecule has 0 saturated heterocycles. The molecule has 2 aromatic carbocycles. The fourth-order valence-electron chi connectivity index (χ4n) is 2.55. The number of carbonyl (C=O) groups excluding carboxylic acids is 1. The van der Waals surface area contributed by atoms with Crippen LogP contribution in [0.1, 0.15) is 11.1 Å². The van der Waals surface area contributed by atoms with Crippen LogP contribution in [-0.2, 0) is 14.9 Å². The largest absolute Gasteiger partial charge is 0.467 e. The molecule has 5 heteroatoms. The Labute approximate surface area is 137 Å². The number of aliphatic hydroxyl groups is 2. The first kappa shape index (κ1) is 16.7. The standard InChI is InChI=1S/C17H17BrO4/c1-22-16(21)15(20)17(11-19,12-5-3-2-4-6-12)13-7-9-14(18)10-8-13/h2-10,15,19-20H,11H2,1H3. The van der Waals surface area contributed by atoms with E-state index in [4.69, 9.17) is 0 Å². The first-order valence-electron chi connectivity index (χ1n) is 6.74. The van der Waals surface area contributed by atoms with E-state index >= 15 is 0 Å². The summed E-state index contributed by atoms with van der Waals surface area (Å²) in [5.41, 5.74) is -0.0188. The predicted octanol–water partition coefficient (Wildman–Crippen LogP) is 2.26. The van der Waals surface area contributed by atoms with Gasteiger partial charge in [-0.15, -0.1) is 0 Å². The van der Waals surface area contributed by atoms with Gasteiger partial charge in [-0.05, 0) is 23.3 Å². The van der Waals surface area contributed by atoms with Crippen molar-refractivity contribution in [3.8, 4) is 0 Å². The van der Waals surface area contributed by atoms with Crippen LogP contribution in [0.4, 0.5) is 0 Å². The number of aliphatic hydroxyl groups excluding tert-OH is 2. The van der Waals surface area contributed by atoms with Crippen LogP contribution < -0.4 is 0 Å². The van der Waals surface area contributed by atoms with Crippen LogP contribution in [0.15, 0.2) is 59.1 Å². The summed E-state index contributed by atoms with van der Waals surface area (Å²) in [4.78, 5) is 11.9. The molecule has 2 unspecified atom stereocenters. The van der Waals surface area contributed by atoms with Gasteiger partial charge in [0.2, 0.25) is 0 Å². The van der Waals surface area contributed by atoms with Crippen molar-refractivity contribution in [2.24, 2.45) is 0 Å². The van der Waals surface area contributed by atoms with Gasteiger partial charge in [0.25, 0.3) is 0 Å². The molecule has 0 aliphatic rings. The third kappa shape index (κ3) is 2.92. The van der Waals surface area contributed by atoms with E-state index in [0.717, 1.165) is 4.47 Å². The second kappa shape index (κ2) is 7.05. The molecule has 4 nitrogen and oxygen atoms in total. The molecule has 22 heavy (non-hydrogen) atoms. The second-order valence-electron chi connectivity index (χ2n) is 4.93. The Morgan fingerprint density at radius 1 is 1.14 bits per heavy atom. The van der Waals surface area contributed by atoms with E-state index in [1.54, 1.807) is 48.5 Å². The Kier molecular flexibility index (Phi) is 5.34. The third-order valence-electron chi connectivity index (χ3n) is 3.79. The first-order valence-corrected chi connectivity index (χ1v) is 7.54. The maximum atomic E-state index is 11.9. The van der Waals surface area contributed by atoms with E-state index < -0.39 is 24.1 Å². The van der Waals surface area contributed by atoms with E-state index in [1.807, 2.05) is 6.07 Å². The number of rotatable bonds is 5. The van der Waals surface area contributed by atoms with Gasteiger partial charge < -0.3 is 14.9 Å². The molecule has 0 radical (unpaired) electrons. The fraction of sp³-hybridized carbons (Fsp3) is 0.235. The smallest absolute Gasteiger partial charge is 0.336 e.